The molecule has 3 aromatic rings. The number of benzene rings is 2. The largest absolute Gasteiger partial charge is 0.360 e. The first-order valence-corrected chi connectivity index (χ1v) is 10.4. The van der Waals surface area contributed by atoms with Gasteiger partial charge in [0.25, 0.3) is 0 Å². The van der Waals surface area contributed by atoms with Crippen LogP contribution in [0.1, 0.15) is 29.9 Å². The number of hydrogen-bond donors (Lipinski definition) is 1. The van der Waals surface area contributed by atoms with Crippen LogP contribution >= 0.6 is 0 Å². The van der Waals surface area contributed by atoms with Crippen LogP contribution in [0.4, 0.5) is 5.82 Å². The number of piperazine rings is 1. The van der Waals surface area contributed by atoms with Crippen molar-refractivity contribution in [2.45, 2.75) is 25.9 Å². The van der Waals surface area contributed by atoms with Crippen LogP contribution in [0.25, 0.3) is 0 Å². The Bertz CT molecular complexity index is 910. The third-order valence-corrected chi connectivity index (χ3v) is 5.75. The molecule has 2 heterocycles. The van der Waals surface area contributed by atoms with Crippen molar-refractivity contribution in [1.29, 1.82) is 0 Å². The maximum atomic E-state index is 12.6. The Balaban J connectivity index is 1.42. The van der Waals surface area contributed by atoms with Crippen molar-refractivity contribution in [2.75, 3.05) is 31.5 Å². The minimum absolute atomic E-state index is 0.0561. The van der Waals surface area contributed by atoms with E-state index in [4.69, 9.17) is 4.52 Å². The fourth-order valence-electron chi connectivity index (χ4n) is 4.09. The van der Waals surface area contributed by atoms with Gasteiger partial charge < -0.3 is 9.84 Å². The summed E-state index contributed by atoms with van der Waals surface area (Å²) in [5.41, 5.74) is 2.59. The molecule has 1 atom stereocenters. The SMILES string of the molecule is Cc1cc(NC(=O)[C@@H](C)N2CCN(C(c3ccccc3)c3ccccc3)CC2)no1. The van der Waals surface area contributed by atoms with E-state index >= 15 is 0 Å². The van der Waals surface area contributed by atoms with E-state index in [1.54, 1.807) is 13.0 Å². The van der Waals surface area contributed by atoms with Crippen LogP contribution in [0.5, 0.6) is 0 Å². The van der Waals surface area contributed by atoms with Gasteiger partial charge in [0, 0.05) is 32.2 Å². The highest BCUT2D eigenvalue weighted by Crippen LogP contribution is 2.29. The van der Waals surface area contributed by atoms with Crippen molar-refractivity contribution in [3.05, 3.63) is 83.6 Å². The molecule has 1 fully saturated rings. The predicted octanol–water partition coefficient (Wildman–Crippen LogP) is 3.72. The van der Waals surface area contributed by atoms with Crippen molar-refractivity contribution in [3.63, 3.8) is 0 Å². The highest BCUT2D eigenvalue weighted by molar-refractivity contribution is 5.93. The number of carbonyl (C=O) groups is 1. The molecule has 0 saturated carbocycles. The second-order valence-electron chi connectivity index (χ2n) is 7.78. The standard InChI is InChI=1S/C24H28N4O2/c1-18-17-22(26-30-18)25-24(29)19(2)27-13-15-28(16-14-27)23(20-9-5-3-6-10-20)21-11-7-4-8-12-21/h3-12,17,19,23H,13-16H2,1-2H3,(H,25,26,29)/t19-/m1/s1. The Kier molecular flexibility index (Phi) is 6.26. The highest BCUT2D eigenvalue weighted by atomic mass is 16.5. The number of aromatic nitrogens is 1. The van der Waals surface area contributed by atoms with Gasteiger partial charge in [-0.25, -0.2) is 0 Å². The summed E-state index contributed by atoms with van der Waals surface area (Å²) in [5, 5.41) is 6.70. The molecule has 1 saturated heterocycles. The van der Waals surface area contributed by atoms with E-state index in [1.807, 2.05) is 6.92 Å². The normalized spacial score (nSPS) is 16.5. The molecule has 1 N–H and O–H groups in total. The van der Waals surface area contributed by atoms with Crippen LogP contribution in [0.3, 0.4) is 0 Å². The average molecular weight is 405 g/mol. The monoisotopic (exact) mass is 404 g/mol. The number of aryl methyl sites for hydroxylation is 1. The van der Waals surface area contributed by atoms with Crippen LogP contribution in [0, 0.1) is 6.92 Å². The molecule has 0 spiro atoms. The molecule has 2 aromatic carbocycles. The third-order valence-electron chi connectivity index (χ3n) is 5.75. The van der Waals surface area contributed by atoms with Crippen LogP contribution in [0.2, 0.25) is 0 Å². The van der Waals surface area contributed by atoms with Gasteiger partial charge in [-0.1, -0.05) is 65.8 Å². The van der Waals surface area contributed by atoms with Crippen molar-refractivity contribution in [2.24, 2.45) is 0 Å². The summed E-state index contributed by atoms with van der Waals surface area (Å²) in [7, 11) is 0. The lowest BCUT2D eigenvalue weighted by atomic mass is 9.96. The van der Waals surface area contributed by atoms with Gasteiger partial charge in [0.05, 0.1) is 12.1 Å². The maximum absolute atomic E-state index is 12.6. The van der Waals surface area contributed by atoms with Crippen LogP contribution in [-0.2, 0) is 4.79 Å². The van der Waals surface area contributed by atoms with Gasteiger partial charge >= 0.3 is 0 Å². The minimum atomic E-state index is -0.226. The fraction of sp³-hybridized carbons (Fsp3) is 0.333. The van der Waals surface area contributed by atoms with E-state index in [1.165, 1.54) is 11.1 Å². The molecule has 0 aliphatic carbocycles. The molecule has 6 heteroatoms. The molecule has 4 rings (SSSR count). The van der Waals surface area contributed by atoms with E-state index in [0.29, 0.717) is 11.6 Å². The number of hydrogen-bond acceptors (Lipinski definition) is 5. The quantitative estimate of drug-likeness (QED) is 0.679. The first-order chi connectivity index (χ1) is 14.6. The Morgan fingerprint density at radius 2 is 1.47 bits per heavy atom. The Morgan fingerprint density at radius 3 is 1.97 bits per heavy atom. The molecule has 0 radical (unpaired) electrons. The Morgan fingerprint density at radius 1 is 0.933 bits per heavy atom. The summed E-state index contributed by atoms with van der Waals surface area (Å²) >= 11 is 0. The van der Waals surface area contributed by atoms with Gasteiger partial charge in [0.15, 0.2) is 5.82 Å². The van der Waals surface area contributed by atoms with E-state index in [0.717, 1.165) is 26.2 Å². The molecular formula is C24H28N4O2. The maximum Gasteiger partial charge on any atom is 0.242 e. The van der Waals surface area contributed by atoms with Crippen LogP contribution < -0.4 is 5.32 Å². The number of rotatable bonds is 6. The molecule has 156 valence electrons. The van der Waals surface area contributed by atoms with E-state index < -0.39 is 0 Å². The molecule has 0 unspecified atom stereocenters. The first-order valence-electron chi connectivity index (χ1n) is 10.4. The number of amides is 1. The predicted molar refractivity (Wildman–Crippen MR) is 117 cm³/mol. The molecule has 1 aliphatic rings. The van der Waals surface area contributed by atoms with E-state index in [2.05, 4.69) is 80.9 Å². The summed E-state index contributed by atoms with van der Waals surface area (Å²) in [6, 6.07) is 23.0. The lowest BCUT2D eigenvalue weighted by Crippen LogP contribution is -2.53. The van der Waals surface area contributed by atoms with Crippen molar-refractivity contribution < 1.29 is 9.32 Å². The zero-order valence-corrected chi connectivity index (χ0v) is 17.5. The number of carbonyl (C=O) groups excluding carboxylic acids is 1. The minimum Gasteiger partial charge on any atom is -0.360 e. The van der Waals surface area contributed by atoms with Gasteiger partial charge in [-0.2, -0.15) is 0 Å². The van der Waals surface area contributed by atoms with Gasteiger partial charge in [0.1, 0.15) is 5.76 Å². The third kappa shape index (κ3) is 4.61. The molecule has 1 aromatic heterocycles. The lowest BCUT2D eigenvalue weighted by Gasteiger charge is -2.41. The van der Waals surface area contributed by atoms with Crippen molar-refractivity contribution in [3.8, 4) is 0 Å². The van der Waals surface area contributed by atoms with E-state index in [9.17, 15) is 4.79 Å². The Hall–Kier alpha value is -2.96. The zero-order chi connectivity index (χ0) is 20.9. The van der Waals surface area contributed by atoms with Gasteiger partial charge in [-0.3, -0.25) is 14.6 Å². The van der Waals surface area contributed by atoms with Crippen LogP contribution in [-0.4, -0.2) is 53.1 Å². The van der Waals surface area contributed by atoms with Crippen molar-refractivity contribution in [1.82, 2.24) is 15.0 Å². The average Bonchev–Trinajstić information content (AvgIpc) is 3.20. The topological polar surface area (TPSA) is 61.6 Å². The fourth-order valence-corrected chi connectivity index (χ4v) is 4.09. The lowest BCUT2D eigenvalue weighted by molar-refractivity contribution is -0.121. The first kappa shape index (κ1) is 20.3. The van der Waals surface area contributed by atoms with Crippen LogP contribution in [0.15, 0.2) is 71.3 Å². The Labute approximate surface area is 177 Å². The molecule has 30 heavy (non-hydrogen) atoms. The zero-order valence-electron chi connectivity index (χ0n) is 17.5. The smallest absolute Gasteiger partial charge is 0.242 e. The van der Waals surface area contributed by atoms with Gasteiger partial charge in [-0.15, -0.1) is 0 Å². The molecule has 1 aliphatic heterocycles. The number of nitrogens with zero attached hydrogens (tertiary/aromatic N) is 3. The molecule has 1 amide bonds. The summed E-state index contributed by atoms with van der Waals surface area (Å²) in [4.78, 5) is 17.4. The molecule has 0 bridgehead atoms. The second kappa shape index (κ2) is 9.24. The van der Waals surface area contributed by atoms with Crippen molar-refractivity contribution >= 4 is 11.7 Å². The van der Waals surface area contributed by atoms with Gasteiger partial charge in [0.2, 0.25) is 5.91 Å². The summed E-state index contributed by atoms with van der Waals surface area (Å²) in [6.45, 7) is 7.22. The number of anilines is 1. The molecule has 6 nitrogen and oxygen atoms in total. The summed E-state index contributed by atoms with van der Waals surface area (Å²) in [6.07, 6.45) is 0. The summed E-state index contributed by atoms with van der Waals surface area (Å²) < 4.78 is 5.03. The van der Waals surface area contributed by atoms with Gasteiger partial charge in [-0.05, 0) is 25.0 Å². The molecular weight excluding hydrogens is 376 g/mol. The summed E-state index contributed by atoms with van der Waals surface area (Å²) in [5.74, 6) is 1.09. The highest BCUT2D eigenvalue weighted by Gasteiger charge is 2.30. The number of nitrogens with one attached hydrogen (secondary N) is 1. The van der Waals surface area contributed by atoms with E-state index in [-0.39, 0.29) is 18.0 Å². The second-order valence-corrected chi connectivity index (χ2v) is 7.78.